The van der Waals surface area contributed by atoms with E-state index >= 15 is 0 Å². The molecule has 0 aromatic carbocycles. The maximum absolute atomic E-state index is 4.49. The lowest BCUT2D eigenvalue weighted by Gasteiger charge is -2.10. The molecule has 3 aromatic heterocycles. The summed E-state index contributed by atoms with van der Waals surface area (Å²) in [6, 6.07) is 2.04. The third-order valence-corrected chi connectivity index (χ3v) is 3.14. The van der Waals surface area contributed by atoms with E-state index in [9.17, 15) is 0 Å². The maximum atomic E-state index is 4.49. The number of H-pyrrole nitrogens is 1. The lowest BCUT2D eigenvalue weighted by Crippen LogP contribution is -2.09. The number of hydrogen-bond donors (Lipinski definition) is 2. The molecule has 0 fully saturated rings. The number of aromatic amines is 1. The predicted molar refractivity (Wildman–Crippen MR) is 75.7 cm³/mol. The Hall–Kier alpha value is -2.44. The zero-order valence-electron chi connectivity index (χ0n) is 11.5. The molecule has 7 heteroatoms. The molecule has 0 aliphatic carbocycles. The van der Waals surface area contributed by atoms with Gasteiger partial charge in [0, 0.05) is 24.9 Å². The molecule has 0 spiro atoms. The summed E-state index contributed by atoms with van der Waals surface area (Å²) < 4.78 is 1.72. The van der Waals surface area contributed by atoms with Crippen molar-refractivity contribution < 1.29 is 0 Å². The summed E-state index contributed by atoms with van der Waals surface area (Å²) in [6.07, 6.45) is 6.02. The van der Waals surface area contributed by atoms with Crippen LogP contribution in [0, 0.1) is 0 Å². The Morgan fingerprint density at radius 2 is 2.30 bits per heavy atom. The van der Waals surface area contributed by atoms with Crippen molar-refractivity contribution >= 4 is 11.3 Å². The van der Waals surface area contributed by atoms with Gasteiger partial charge in [-0.25, -0.2) is 4.98 Å². The molecule has 0 aliphatic heterocycles. The van der Waals surface area contributed by atoms with Crippen LogP contribution in [0.5, 0.6) is 0 Å². The van der Waals surface area contributed by atoms with Gasteiger partial charge < -0.3 is 10.3 Å². The molecule has 0 bridgehead atoms. The van der Waals surface area contributed by atoms with Crippen molar-refractivity contribution in [1.29, 1.82) is 0 Å². The number of aromatic nitrogens is 6. The second-order valence-electron chi connectivity index (χ2n) is 4.99. The van der Waals surface area contributed by atoms with Crippen molar-refractivity contribution in [3.8, 4) is 0 Å². The first-order valence-corrected chi connectivity index (χ1v) is 6.66. The molecule has 7 nitrogen and oxygen atoms in total. The fourth-order valence-corrected chi connectivity index (χ4v) is 2.01. The van der Waals surface area contributed by atoms with Crippen LogP contribution in [0.4, 0.5) is 5.69 Å². The number of anilines is 1. The van der Waals surface area contributed by atoms with Gasteiger partial charge in [-0.15, -0.1) is 10.2 Å². The van der Waals surface area contributed by atoms with Gasteiger partial charge in [0.25, 0.3) is 0 Å². The van der Waals surface area contributed by atoms with E-state index in [2.05, 4.69) is 44.4 Å². The van der Waals surface area contributed by atoms with E-state index in [-0.39, 0.29) is 0 Å². The highest BCUT2D eigenvalue weighted by Crippen LogP contribution is 2.19. The number of rotatable bonds is 5. The number of nitrogens with one attached hydrogen (secondary N) is 2. The fraction of sp³-hybridized carbons (Fsp3) is 0.385. The largest absolute Gasteiger partial charge is 0.381 e. The Labute approximate surface area is 116 Å². The number of fused-ring (bicyclic) bond motifs is 1. The second kappa shape index (κ2) is 5.28. The van der Waals surface area contributed by atoms with Gasteiger partial charge in [-0.2, -0.15) is 9.61 Å². The number of hydrogen-bond acceptors (Lipinski definition) is 5. The molecule has 0 saturated heterocycles. The van der Waals surface area contributed by atoms with Crippen LogP contribution >= 0.6 is 0 Å². The second-order valence-corrected chi connectivity index (χ2v) is 4.99. The molecule has 3 heterocycles. The fourth-order valence-electron chi connectivity index (χ4n) is 2.01. The highest BCUT2D eigenvalue weighted by Gasteiger charge is 2.10. The number of nitrogens with zero attached hydrogens (tertiary/aromatic N) is 5. The lowest BCUT2D eigenvalue weighted by molar-refractivity contribution is 0.762. The Morgan fingerprint density at radius 3 is 3.05 bits per heavy atom. The van der Waals surface area contributed by atoms with Crippen LogP contribution in [0.2, 0.25) is 0 Å². The average molecular weight is 271 g/mol. The first-order chi connectivity index (χ1) is 9.74. The molecular weight excluding hydrogens is 254 g/mol. The van der Waals surface area contributed by atoms with Crippen LogP contribution in [-0.4, -0.2) is 36.3 Å². The van der Waals surface area contributed by atoms with Gasteiger partial charge in [-0.3, -0.25) is 0 Å². The van der Waals surface area contributed by atoms with E-state index in [0.29, 0.717) is 5.92 Å². The van der Waals surface area contributed by atoms with E-state index < -0.39 is 0 Å². The Balaban J connectivity index is 1.80. The van der Waals surface area contributed by atoms with Gasteiger partial charge in [0.1, 0.15) is 6.33 Å². The molecule has 3 rings (SSSR count). The van der Waals surface area contributed by atoms with Gasteiger partial charge in [-0.05, 0) is 12.0 Å². The van der Waals surface area contributed by atoms with Crippen LogP contribution in [0.15, 0.2) is 24.9 Å². The normalized spacial score (nSPS) is 11.3. The van der Waals surface area contributed by atoms with E-state index in [4.69, 9.17) is 0 Å². The molecule has 0 amide bonds. The van der Waals surface area contributed by atoms with Gasteiger partial charge in [0.05, 0.1) is 17.7 Å². The third kappa shape index (κ3) is 2.47. The average Bonchev–Trinajstić information content (AvgIpc) is 3.08. The molecule has 0 radical (unpaired) electrons. The van der Waals surface area contributed by atoms with E-state index in [1.165, 1.54) is 0 Å². The van der Waals surface area contributed by atoms with Crippen molar-refractivity contribution in [3.63, 3.8) is 0 Å². The smallest absolute Gasteiger partial charge is 0.200 e. The minimum atomic E-state index is 0.356. The SMILES string of the molecule is CC(C)c1cc(NCCc2cnc[nH]2)c2nncn2n1. The van der Waals surface area contributed by atoms with Crippen molar-refractivity contribution in [2.45, 2.75) is 26.2 Å². The minimum Gasteiger partial charge on any atom is -0.381 e. The molecule has 0 aliphatic rings. The molecule has 0 unspecified atom stereocenters. The van der Waals surface area contributed by atoms with Crippen LogP contribution in [0.25, 0.3) is 5.65 Å². The van der Waals surface area contributed by atoms with Crippen molar-refractivity contribution in [2.24, 2.45) is 0 Å². The zero-order valence-corrected chi connectivity index (χ0v) is 11.5. The minimum absolute atomic E-state index is 0.356. The van der Waals surface area contributed by atoms with Crippen LogP contribution < -0.4 is 5.32 Å². The predicted octanol–water partition coefficient (Wildman–Crippen LogP) is 1.63. The Bertz CT molecular complexity index is 684. The van der Waals surface area contributed by atoms with E-state index in [0.717, 1.165) is 35.7 Å². The summed E-state index contributed by atoms with van der Waals surface area (Å²) >= 11 is 0. The van der Waals surface area contributed by atoms with Crippen molar-refractivity contribution in [1.82, 2.24) is 29.8 Å². The van der Waals surface area contributed by atoms with Gasteiger partial charge >= 0.3 is 0 Å². The summed E-state index contributed by atoms with van der Waals surface area (Å²) in [6.45, 7) is 5.03. The van der Waals surface area contributed by atoms with Crippen LogP contribution in [-0.2, 0) is 6.42 Å². The summed E-state index contributed by atoms with van der Waals surface area (Å²) in [5, 5.41) is 15.9. The van der Waals surface area contributed by atoms with Crippen molar-refractivity contribution in [2.75, 3.05) is 11.9 Å². The highest BCUT2D eigenvalue weighted by atomic mass is 15.3. The molecule has 0 saturated carbocycles. The molecule has 104 valence electrons. The lowest BCUT2D eigenvalue weighted by atomic mass is 10.1. The van der Waals surface area contributed by atoms with Gasteiger partial charge in [0.15, 0.2) is 0 Å². The quantitative estimate of drug-likeness (QED) is 0.736. The first-order valence-electron chi connectivity index (χ1n) is 6.66. The Morgan fingerprint density at radius 1 is 1.40 bits per heavy atom. The molecule has 20 heavy (non-hydrogen) atoms. The van der Waals surface area contributed by atoms with E-state index in [1.54, 1.807) is 17.2 Å². The molecular formula is C13H17N7. The summed E-state index contributed by atoms with van der Waals surface area (Å²) in [5.41, 5.74) is 3.83. The third-order valence-electron chi connectivity index (χ3n) is 3.14. The molecule has 0 atom stereocenters. The standard InChI is InChI=1S/C13H17N7/c1-9(2)11-5-12(13-18-17-8-20(13)19-11)15-4-3-10-6-14-7-16-10/h5-9,15H,3-4H2,1-2H3,(H,14,16). The summed E-state index contributed by atoms with van der Waals surface area (Å²) in [5.74, 6) is 0.356. The Kier molecular flexibility index (Phi) is 3.32. The molecule has 3 aromatic rings. The van der Waals surface area contributed by atoms with E-state index in [1.807, 2.05) is 12.3 Å². The monoisotopic (exact) mass is 271 g/mol. The molecule has 2 N–H and O–H groups in total. The highest BCUT2D eigenvalue weighted by molar-refractivity contribution is 5.66. The van der Waals surface area contributed by atoms with Gasteiger partial charge in [0.2, 0.25) is 5.65 Å². The van der Waals surface area contributed by atoms with Crippen LogP contribution in [0.1, 0.15) is 31.2 Å². The summed E-state index contributed by atoms with van der Waals surface area (Å²) in [4.78, 5) is 7.10. The van der Waals surface area contributed by atoms with Crippen molar-refractivity contribution in [3.05, 3.63) is 36.3 Å². The topological polar surface area (TPSA) is 83.8 Å². The van der Waals surface area contributed by atoms with Gasteiger partial charge in [-0.1, -0.05) is 13.8 Å². The number of imidazole rings is 1. The van der Waals surface area contributed by atoms with Crippen LogP contribution in [0.3, 0.4) is 0 Å². The first kappa shape index (κ1) is 12.6. The zero-order chi connectivity index (χ0) is 13.9. The summed E-state index contributed by atoms with van der Waals surface area (Å²) in [7, 11) is 0. The maximum Gasteiger partial charge on any atom is 0.200 e.